The van der Waals surface area contributed by atoms with Crippen molar-refractivity contribution in [1.82, 2.24) is 9.80 Å². The summed E-state index contributed by atoms with van der Waals surface area (Å²) >= 11 is 0. The third kappa shape index (κ3) is 1.58. The standard InChI is InChI=1S/C8H16N4/c1-6(9)7-4-11(2)5-12(3)8(7)10/h10H,4-5,9H2,1-3H3/b7-6-,10-8?. The van der Waals surface area contributed by atoms with E-state index < -0.39 is 0 Å². The fourth-order valence-electron chi connectivity index (χ4n) is 1.37. The summed E-state index contributed by atoms with van der Waals surface area (Å²) in [6, 6.07) is 0. The summed E-state index contributed by atoms with van der Waals surface area (Å²) in [4.78, 5) is 4.01. The minimum Gasteiger partial charge on any atom is -0.402 e. The molecule has 68 valence electrons. The molecule has 0 amide bonds. The molecule has 0 atom stereocenters. The number of rotatable bonds is 0. The summed E-state index contributed by atoms with van der Waals surface area (Å²) in [5.74, 6) is 0.549. The van der Waals surface area contributed by atoms with E-state index in [0.717, 1.165) is 24.5 Å². The predicted molar refractivity (Wildman–Crippen MR) is 49.9 cm³/mol. The monoisotopic (exact) mass is 168 g/mol. The average Bonchev–Trinajstić information content (AvgIpc) is 1.96. The minimum absolute atomic E-state index is 0.549. The molecule has 0 aliphatic carbocycles. The Balaban J connectivity index is 2.88. The Hall–Kier alpha value is -1.03. The third-order valence-electron chi connectivity index (χ3n) is 2.03. The first-order valence-electron chi connectivity index (χ1n) is 3.96. The molecule has 0 unspecified atom stereocenters. The van der Waals surface area contributed by atoms with Crippen LogP contribution in [0.25, 0.3) is 0 Å². The summed E-state index contributed by atoms with van der Waals surface area (Å²) < 4.78 is 0. The highest BCUT2D eigenvalue weighted by atomic mass is 15.3. The van der Waals surface area contributed by atoms with Gasteiger partial charge in [0, 0.05) is 24.9 Å². The van der Waals surface area contributed by atoms with Gasteiger partial charge in [0.2, 0.25) is 0 Å². The Bertz CT molecular complexity index is 227. The fourth-order valence-corrected chi connectivity index (χ4v) is 1.37. The van der Waals surface area contributed by atoms with Crippen LogP contribution in [-0.4, -0.2) is 42.9 Å². The molecule has 1 fully saturated rings. The lowest BCUT2D eigenvalue weighted by Crippen LogP contribution is -2.46. The van der Waals surface area contributed by atoms with Gasteiger partial charge in [-0.1, -0.05) is 0 Å². The predicted octanol–water partition coefficient (Wildman–Crippen LogP) is 0.0311. The van der Waals surface area contributed by atoms with Crippen LogP contribution in [0.5, 0.6) is 0 Å². The van der Waals surface area contributed by atoms with Gasteiger partial charge in [0.05, 0.1) is 6.67 Å². The molecule has 1 aliphatic rings. The van der Waals surface area contributed by atoms with Crippen LogP contribution in [0, 0.1) is 5.41 Å². The maximum absolute atomic E-state index is 7.73. The molecule has 0 aromatic rings. The Morgan fingerprint density at radius 2 is 2.08 bits per heavy atom. The summed E-state index contributed by atoms with van der Waals surface area (Å²) in [5.41, 5.74) is 7.35. The number of amidine groups is 1. The second-order valence-electron chi connectivity index (χ2n) is 3.36. The van der Waals surface area contributed by atoms with Gasteiger partial charge in [0.25, 0.3) is 0 Å². The van der Waals surface area contributed by atoms with Crippen molar-refractivity contribution in [1.29, 1.82) is 5.41 Å². The fraction of sp³-hybridized carbons (Fsp3) is 0.625. The topological polar surface area (TPSA) is 56.4 Å². The van der Waals surface area contributed by atoms with E-state index in [1.807, 2.05) is 25.9 Å². The van der Waals surface area contributed by atoms with Crippen LogP contribution in [0.1, 0.15) is 6.92 Å². The van der Waals surface area contributed by atoms with Gasteiger partial charge in [0.15, 0.2) is 0 Å². The zero-order valence-corrected chi connectivity index (χ0v) is 7.89. The first kappa shape index (κ1) is 9.06. The normalized spacial score (nSPS) is 24.6. The maximum Gasteiger partial charge on any atom is 0.127 e. The number of nitrogens with one attached hydrogen (secondary N) is 1. The third-order valence-corrected chi connectivity index (χ3v) is 2.03. The van der Waals surface area contributed by atoms with E-state index in [1.54, 1.807) is 0 Å². The summed E-state index contributed by atoms with van der Waals surface area (Å²) in [6.45, 7) is 3.43. The van der Waals surface area contributed by atoms with Gasteiger partial charge in [-0.05, 0) is 14.0 Å². The van der Waals surface area contributed by atoms with Gasteiger partial charge in [-0.3, -0.25) is 10.3 Å². The Morgan fingerprint density at radius 1 is 1.50 bits per heavy atom. The molecule has 1 saturated heterocycles. The van der Waals surface area contributed by atoms with Crippen molar-refractivity contribution in [2.45, 2.75) is 6.92 Å². The number of likely N-dealkylation sites (N-methyl/N-ethyl adjacent to an activating group) is 2. The Labute approximate surface area is 73.1 Å². The first-order chi connectivity index (χ1) is 5.52. The van der Waals surface area contributed by atoms with Crippen molar-refractivity contribution in [2.75, 3.05) is 27.3 Å². The summed E-state index contributed by atoms with van der Waals surface area (Å²) in [6.07, 6.45) is 0. The lowest BCUT2D eigenvalue weighted by Gasteiger charge is -2.34. The quantitative estimate of drug-likeness (QED) is 0.536. The van der Waals surface area contributed by atoms with Crippen LogP contribution in [0.4, 0.5) is 0 Å². The van der Waals surface area contributed by atoms with Crippen LogP contribution in [0.2, 0.25) is 0 Å². The molecule has 1 aliphatic heterocycles. The molecule has 0 radical (unpaired) electrons. The van der Waals surface area contributed by atoms with Gasteiger partial charge in [0.1, 0.15) is 5.84 Å². The van der Waals surface area contributed by atoms with E-state index in [4.69, 9.17) is 11.1 Å². The molecule has 1 rings (SSSR count). The molecular weight excluding hydrogens is 152 g/mol. The van der Waals surface area contributed by atoms with Crippen molar-refractivity contribution in [3.05, 3.63) is 11.3 Å². The number of hydrogen-bond donors (Lipinski definition) is 2. The van der Waals surface area contributed by atoms with Crippen LogP contribution in [-0.2, 0) is 0 Å². The van der Waals surface area contributed by atoms with Crippen LogP contribution >= 0.6 is 0 Å². The highest BCUT2D eigenvalue weighted by Crippen LogP contribution is 2.11. The minimum atomic E-state index is 0.549. The van der Waals surface area contributed by atoms with E-state index >= 15 is 0 Å². The average molecular weight is 168 g/mol. The van der Waals surface area contributed by atoms with Gasteiger partial charge in [-0.25, -0.2) is 0 Å². The van der Waals surface area contributed by atoms with Gasteiger partial charge in [-0.15, -0.1) is 0 Å². The van der Waals surface area contributed by atoms with Crippen molar-refractivity contribution in [2.24, 2.45) is 5.73 Å². The maximum atomic E-state index is 7.73. The van der Waals surface area contributed by atoms with Gasteiger partial charge in [-0.2, -0.15) is 0 Å². The zero-order valence-electron chi connectivity index (χ0n) is 7.89. The Morgan fingerprint density at radius 3 is 2.58 bits per heavy atom. The van der Waals surface area contributed by atoms with Crippen LogP contribution < -0.4 is 5.73 Å². The first-order valence-corrected chi connectivity index (χ1v) is 3.96. The number of allylic oxidation sites excluding steroid dienone is 1. The largest absolute Gasteiger partial charge is 0.402 e. The van der Waals surface area contributed by atoms with Crippen molar-refractivity contribution < 1.29 is 0 Å². The summed E-state index contributed by atoms with van der Waals surface area (Å²) in [7, 11) is 3.92. The molecular formula is C8H16N4. The molecule has 3 N–H and O–H groups in total. The summed E-state index contributed by atoms with van der Waals surface area (Å²) in [5, 5.41) is 7.73. The van der Waals surface area contributed by atoms with E-state index in [2.05, 4.69) is 4.90 Å². The molecule has 0 spiro atoms. The highest BCUT2D eigenvalue weighted by Gasteiger charge is 2.20. The van der Waals surface area contributed by atoms with E-state index in [1.165, 1.54) is 0 Å². The smallest absolute Gasteiger partial charge is 0.127 e. The molecule has 0 bridgehead atoms. The second-order valence-corrected chi connectivity index (χ2v) is 3.36. The molecule has 0 saturated carbocycles. The second kappa shape index (κ2) is 3.15. The number of nitrogens with zero attached hydrogens (tertiary/aromatic N) is 2. The van der Waals surface area contributed by atoms with Crippen molar-refractivity contribution >= 4 is 5.84 Å². The lowest BCUT2D eigenvalue weighted by molar-refractivity contribution is 0.241. The van der Waals surface area contributed by atoms with Gasteiger partial charge < -0.3 is 10.6 Å². The van der Waals surface area contributed by atoms with E-state index in [0.29, 0.717) is 5.84 Å². The molecule has 4 nitrogen and oxygen atoms in total. The highest BCUT2D eigenvalue weighted by molar-refractivity contribution is 5.97. The molecule has 12 heavy (non-hydrogen) atoms. The van der Waals surface area contributed by atoms with Gasteiger partial charge >= 0.3 is 0 Å². The number of hydrogen-bond acceptors (Lipinski definition) is 3. The molecule has 4 heteroatoms. The number of nitrogens with two attached hydrogens (primary N) is 1. The Kier molecular flexibility index (Phi) is 2.38. The van der Waals surface area contributed by atoms with E-state index in [-0.39, 0.29) is 0 Å². The molecule has 0 aromatic carbocycles. The molecule has 1 heterocycles. The lowest BCUT2D eigenvalue weighted by atomic mass is 10.1. The van der Waals surface area contributed by atoms with Crippen molar-refractivity contribution in [3.63, 3.8) is 0 Å². The zero-order chi connectivity index (χ0) is 9.30. The van der Waals surface area contributed by atoms with Crippen LogP contribution in [0.3, 0.4) is 0 Å². The molecule has 0 aromatic heterocycles. The SMILES string of the molecule is C/C(N)=C1\CN(C)CN(C)C1=N. The van der Waals surface area contributed by atoms with Crippen LogP contribution in [0.15, 0.2) is 11.3 Å². The van der Waals surface area contributed by atoms with Crippen molar-refractivity contribution in [3.8, 4) is 0 Å². The van der Waals surface area contributed by atoms with E-state index in [9.17, 15) is 0 Å².